The Kier molecular flexibility index (Phi) is 3.47. The van der Waals surface area contributed by atoms with Crippen molar-refractivity contribution in [3.63, 3.8) is 0 Å². The molecule has 3 nitrogen and oxygen atoms in total. The average molecular weight is 333 g/mol. The summed E-state index contributed by atoms with van der Waals surface area (Å²) in [6, 6.07) is 20.5. The number of hydrogen-bond acceptors (Lipinski definition) is 4. The normalized spacial score (nSPS) is 11.2. The number of para-hydroxylation sites is 1. The second-order valence-electron chi connectivity index (χ2n) is 5.56. The molecule has 0 saturated heterocycles. The number of aromatic hydroxyl groups is 2. The predicted octanol–water partition coefficient (Wildman–Crippen LogP) is 5.14. The van der Waals surface area contributed by atoms with Crippen LogP contribution in [-0.2, 0) is 0 Å². The van der Waals surface area contributed by atoms with Crippen LogP contribution in [0.15, 0.2) is 76.5 Å². The van der Waals surface area contributed by atoms with Gasteiger partial charge in [-0.2, -0.15) is 0 Å². The van der Waals surface area contributed by atoms with Gasteiger partial charge in [-0.3, -0.25) is 0 Å². The Balaban J connectivity index is 2.02. The summed E-state index contributed by atoms with van der Waals surface area (Å²) in [7, 11) is 0. The molecule has 0 amide bonds. The van der Waals surface area contributed by atoms with E-state index in [1.165, 1.54) is 11.8 Å². The van der Waals surface area contributed by atoms with Gasteiger partial charge in [-0.1, -0.05) is 60.3 Å². The van der Waals surface area contributed by atoms with Crippen LogP contribution in [0.1, 0.15) is 0 Å². The van der Waals surface area contributed by atoms with Crippen LogP contribution >= 0.6 is 11.8 Å². The van der Waals surface area contributed by atoms with Crippen molar-refractivity contribution in [1.82, 2.24) is 0 Å². The molecule has 0 bridgehead atoms. The van der Waals surface area contributed by atoms with Crippen molar-refractivity contribution in [2.75, 3.05) is 5.73 Å². The number of nitrogens with two attached hydrogens (primary N) is 1. The highest BCUT2D eigenvalue weighted by molar-refractivity contribution is 7.99. The first-order valence-corrected chi connectivity index (χ1v) is 8.36. The molecule has 0 heterocycles. The van der Waals surface area contributed by atoms with Gasteiger partial charge < -0.3 is 15.9 Å². The highest BCUT2D eigenvalue weighted by Gasteiger charge is 2.16. The summed E-state index contributed by atoms with van der Waals surface area (Å²) in [5.41, 5.74) is 6.72. The number of phenolic OH excluding ortho intramolecular Hbond substituents is 2. The van der Waals surface area contributed by atoms with Gasteiger partial charge >= 0.3 is 0 Å². The third-order valence-electron chi connectivity index (χ3n) is 4.09. The monoisotopic (exact) mass is 333 g/mol. The SMILES string of the molecule is Nc1ccccc1Sc1cccc2c(O)c3ccccc3c(O)c12. The number of fused-ring (bicyclic) bond motifs is 2. The quantitative estimate of drug-likeness (QED) is 0.270. The van der Waals surface area contributed by atoms with Crippen molar-refractivity contribution < 1.29 is 10.2 Å². The van der Waals surface area contributed by atoms with E-state index in [9.17, 15) is 10.2 Å². The van der Waals surface area contributed by atoms with E-state index in [-0.39, 0.29) is 11.5 Å². The molecule has 4 N–H and O–H groups in total. The second-order valence-corrected chi connectivity index (χ2v) is 6.65. The van der Waals surface area contributed by atoms with Crippen LogP contribution in [0.2, 0.25) is 0 Å². The fourth-order valence-electron chi connectivity index (χ4n) is 2.93. The Labute approximate surface area is 143 Å². The molecule has 0 aliphatic rings. The minimum Gasteiger partial charge on any atom is -0.507 e. The van der Waals surface area contributed by atoms with Gasteiger partial charge in [0, 0.05) is 37.0 Å². The maximum absolute atomic E-state index is 10.8. The zero-order valence-electron chi connectivity index (χ0n) is 12.7. The number of benzene rings is 4. The molecule has 0 atom stereocenters. The first kappa shape index (κ1) is 14.7. The molecule has 0 saturated carbocycles. The van der Waals surface area contributed by atoms with E-state index in [1.807, 2.05) is 60.7 Å². The fraction of sp³-hybridized carbons (Fsp3) is 0. The summed E-state index contributed by atoms with van der Waals surface area (Å²) < 4.78 is 0. The molecule has 4 aromatic carbocycles. The fourth-order valence-corrected chi connectivity index (χ4v) is 3.95. The Morgan fingerprint density at radius 3 is 1.96 bits per heavy atom. The smallest absolute Gasteiger partial charge is 0.132 e. The lowest BCUT2D eigenvalue weighted by atomic mass is 10.0. The lowest BCUT2D eigenvalue weighted by Crippen LogP contribution is -1.88. The van der Waals surface area contributed by atoms with Crippen molar-refractivity contribution in [2.24, 2.45) is 0 Å². The number of rotatable bonds is 2. The van der Waals surface area contributed by atoms with E-state index in [0.717, 1.165) is 9.79 Å². The van der Waals surface area contributed by atoms with E-state index in [1.54, 1.807) is 6.07 Å². The van der Waals surface area contributed by atoms with Gasteiger partial charge in [-0.05, 0) is 18.2 Å². The van der Waals surface area contributed by atoms with Crippen molar-refractivity contribution >= 4 is 39.0 Å². The molecule has 0 aliphatic carbocycles. The van der Waals surface area contributed by atoms with Crippen LogP contribution in [-0.4, -0.2) is 10.2 Å². The summed E-state index contributed by atoms with van der Waals surface area (Å²) in [5, 5.41) is 24.0. The highest BCUT2D eigenvalue weighted by Crippen LogP contribution is 2.46. The van der Waals surface area contributed by atoms with Gasteiger partial charge in [0.05, 0.1) is 0 Å². The second kappa shape index (κ2) is 5.65. The molecular weight excluding hydrogens is 318 g/mol. The van der Waals surface area contributed by atoms with Crippen molar-refractivity contribution in [1.29, 1.82) is 0 Å². The van der Waals surface area contributed by atoms with Gasteiger partial charge in [0.15, 0.2) is 0 Å². The van der Waals surface area contributed by atoms with Crippen LogP contribution in [0.4, 0.5) is 5.69 Å². The van der Waals surface area contributed by atoms with Crippen LogP contribution in [0.3, 0.4) is 0 Å². The Morgan fingerprint density at radius 2 is 1.21 bits per heavy atom. The molecule has 0 aromatic heterocycles. The highest BCUT2D eigenvalue weighted by atomic mass is 32.2. The summed E-state index contributed by atoms with van der Waals surface area (Å²) >= 11 is 1.48. The predicted molar refractivity (Wildman–Crippen MR) is 99.8 cm³/mol. The first-order valence-electron chi connectivity index (χ1n) is 7.54. The van der Waals surface area contributed by atoms with E-state index in [0.29, 0.717) is 27.2 Å². The number of hydrogen-bond donors (Lipinski definition) is 3. The van der Waals surface area contributed by atoms with Crippen LogP contribution in [0, 0.1) is 0 Å². The number of nitrogen functional groups attached to an aromatic ring is 1. The average Bonchev–Trinajstić information content (AvgIpc) is 2.61. The van der Waals surface area contributed by atoms with Crippen molar-refractivity contribution in [3.05, 3.63) is 66.7 Å². The summed E-state index contributed by atoms with van der Waals surface area (Å²) in [4.78, 5) is 1.76. The Bertz CT molecular complexity index is 1080. The van der Waals surface area contributed by atoms with Crippen LogP contribution in [0.25, 0.3) is 21.5 Å². The maximum Gasteiger partial charge on any atom is 0.132 e. The van der Waals surface area contributed by atoms with Gasteiger partial charge in [0.1, 0.15) is 11.5 Å². The molecule has 4 rings (SSSR count). The zero-order chi connectivity index (χ0) is 16.7. The first-order chi connectivity index (χ1) is 11.7. The van der Waals surface area contributed by atoms with Gasteiger partial charge in [-0.25, -0.2) is 0 Å². The third kappa shape index (κ3) is 2.23. The molecule has 0 radical (unpaired) electrons. The standard InChI is InChI=1S/C20H15NO2S/c21-15-9-3-4-10-16(15)24-17-11-5-8-14-18(17)20(23)13-7-2-1-6-12(13)19(14)22/h1-11,22-23H,21H2. The Hall–Kier alpha value is -2.85. The third-order valence-corrected chi connectivity index (χ3v) is 5.25. The van der Waals surface area contributed by atoms with Crippen LogP contribution in [0.5, 0.6) is 11.5 Å². The molecule has 0 unspecified atom stereocenters. The molecule has 118 valence electrons. The molecule has 24 heavy (non-hydrogen) atoms. The molecule has 4 heteroatoms. The number of phenols is 2. The van der Waals surface area contributed by atoms with Gasteiger partial charge in [0.2, 0.25) is 0 Å². The molecule has 0 aliphatic heterocycles. The molecular formula is C20H15NO2S. The Morgan fingerprint density at radius 1 is 0.625 bits per heavy atom. The summed E-state index contributed by atoms with van der Waals surface area (Å²) in [6.45, 7) is 0. The maximum atomic E-state index is 10.8. The van der Waals surface area contributed by atoms with E-state index < -0.39 is 0 Å². The largest absolute Gasteiger partial charge is 0.507 e. The minimum absolute atomic E-state index is 0.177. The van der Waals surface area contributed by atoms with Gasteiger partial charge in [-0.15, -0.1) is 0 Å². The topological polar surface area (TPSA) is 66.5 Å². The lowest BCUT2D eigenvalue weighted by Gasteiger charge is -2.13. The number of anilines is 1. The van der Waals surface area contributed by atoms with Gasteiger partial charge in [0.25, 0.3) is 0 Å². The summed E-state index contributed by atoms with van der Waals surface area (Å²) in [5.74, 6) is 0.359. The minimum atomic E-state index is 0.177. The lowest BCUT2D eigenvalue weighted by molar-refractivity contribution is 0.478. The van der Waals surface area contributed by atoms with Crippen molar-refractivity contribution in [2.45, 2.75) is 9.79 Å². The zero-order valence-corrected chi connectivity index (χ0v) is 13.5. The van der Waals surface area contributed by atoms with Crippen LogP contribution < -0.4 is 5.73 Å². The molecule has 0 fully saturated rings. The van der Waals surface area contributed by atoms with Crippen molar-refractivity contribution in [3.8, 4) is 11.5 Å². The molecule has 4 aromatic rings. The van der Waals surface area contributed by atoms with E-state index in [4.69, 9.17) is 5.73 Å². The van der Waals surface area contributed by atoms with E-state index >= 15 is 0 Å². The van der Waals surface area contributed by atoms with E-state index in [2.05, 4.69) is 0 Å². The summed E-state index contributed by atoms with van der Waals surface area (Å²) in [6.07, 6.45) is 0. The molecule has 0 spiro atoms.